The number of hydroxylamine groups is 2. The minimum absolute atomic E-state index is 0.0988. The van der Waals surface area contributed by atoms with Crippen LogP contribution < -0.4 is 15.4 Å². The Labute approximate surface area is 183 Å². The van der Waals surface area contributed by atoms with Crippen molar-refractivity contribution in [2.75, 3.05) is 15.4 Å². The SMILES string of the molecule is [O-]N(c1ccc2c(c1)Sc1cc(N([O-])C3CCCCC3)ccc1N2)C1CCCCC1. The highest BCUT2D eigenvalue weighted by Gasteiger charge is 2.21. The van der Waals surface area contributed by atoms with Crippen LogP contribution in [0.3, 0.4) is 0 Å². The third kappa shape index (κ3) is 4.01. The molecule has 2 aromatic rings. The predicted octanol–water partition coefficient (Wildman–Crippen LogP) is 7.17. The first kappa shape index (κ1) is 20.0. The molecule has 0 amide bonds. The van der Waals surface area contributed by atoms with Crippen molar-refractivity contribution in [2.45, 2.75) is 86.1 Å². The number of benzene rings is 2. The van der Waals surface area contributed by atoms with Crippen LogP contribution in [0.1, 0.15) is 64.2 Å². The molecule has 30 heavy (non-hydrogen) atoms. The van der Waals surface area contributed by atoms with Crippen LogP contribution in [-0.4, -0.2) is 12.1 Å². The maximum absolute atomic E-state index is 12.9. The van der Waals surface area contributed by atoms with Gasteiger partial charge in [-0.1, -0.05) is 50.3 Å². The van der Waals surface area contributed by atoms with E-state index < -0.39 is 0 Å². The van der Waals surface area contributed by atoms with Crippen LogP contribution in [0.4, 0.5) is 22.7 Å². The van der Waals surface area contributed by atoms with E-state index in [1.165, 1.54) is 23.0 Å². The summed E-state index contributed by atoms with van der Waals surface area (Å²) < 4.78 is 0. The predicted molar refractivity (Wildman–Crippen MR) is 126 cm³/mol. The molecule has 2 aliphatic carbocycles. The number of rotatable bonds is 4. The third-order valence-electron chi connectivity index (χ3n) is 6.74. The summed E-state index contributed by atoms with van der Waals surface area (Å²) in [6, 6.07) is 12.1. The highest BCUT2D eigenvalue weighted by molar-refractivity contribution is 7.99. The van der Waals surface area contributed by atoms with Crippen LogP contribution in [0.5, 0.6) is 0 Å². The van der Waals surface area contributed by atoms with E-state index in [0.29, 0.717) is 0 Å². The van der Waals surface area contributed by atoms with Crippen LogP contribution in [-0.2, 0) is 0 Å². The lowest BCUT2D eigenvalue weighted by molar-refractivity contribution is 0.434. The normalized spacial score (nSPS) is 19.5. The summed E-state index contributed by atoms with van der Waals surface area (Å²) in [7, 11) is 0. The lowest BCUT2D eigenvalue weighted by atomic mass is 9.95. The van der Waals surface area contributed by atoms with Gasteiger partial charge in [-0.25, -0.2) is 0 Å². The van der Waals surface area contributed by atoms with Crippen LogP contribution in [0.15, 0.2) is 46.2 Å². The molecule has 0 spiro atoms. The van der Waals surface area contributed by atoms with Crippen molar-refractivity contribution in [3.63, 3.8) is 0 Å². The van der Waals surface area contributed by atoms with Gasteiger partial charge in [-0.2, -0.15) is 0 Å². The second-order valence-electron chi connectivity index (χ2n) is 8.82. The topological polar surface area (TPSA) is 64.6 Å². The minimum atomic E-state index is 0.0988. The fourth-order valence-corrected chi connectivity index (χ4v) is 6.04. The molecular weight excluding hydrogens is 394 g/mol. The summed E-state index contributed by atoms with van der Waals surface area (Å²) in [5.41, 5.74) is 3.52. The summed E-state index contributed by atoms with van der Waals surface area (Å²) in [6.45, 7) is 0. The van der Waals surface area contributed by atoms with Crippen LogP contribution in [0.2, 0.25) is 0 Å². The monoisotopic (exact) mass is 423 g/mol. The molecule has 5 rings (SSSR count). The molecule has 0 saturated heterocycles. The van der Waals surface area contributed by atoms with Crippen LogP contribution in [0.25, 0.3) is 0 Å². The molecule has 0 aromatic heterocycles. The van der Waals surface area contributed by atoms with Crippen LogP contribution in [0, 0.1) is 10.4 Å². The van der Waals surface area contributed by atoms with E-state index in [9.17, 15) is 10.4 Å². The van der Waals surface area contributed by atoms with Gasteiger partial charge in [0.25, 0.3) is 0 Å². The zero-order valence-electron chi connectivity index (χ0n) is 17.3. The highest BCUT2D eigenvalue weighted by Crippen LogP contribution is 2.47. The second kappa shape index (κ2) is 8.69. The lowest BCUT2D eigenvalue weighted by Gasteiger charge is -2.42. The maximum atomic E-state index is 12.9. The number of hydrogen-bond acceptors (Lipinski definition) is 6. The Morgan fingerprint density at radius 2 is 1.10 bits per heavy atom. The second-order valence-corrected chi connectivity index (χ2v) is 9.91. The molecule has 1 aliphatic heterocycles. The summed E-state index contributed by atoms with van der Waals surface area (Å²) >= 11 is 1.65. The molecule has 1 N–H and O–H groups in total. The molecule has 2 fully saturated rings. The van der Waals surface area contributed by atoms with Gasteiger partial charge in [-0.15, -0.1) is 0 Å². The largest absolute Gasteiger partial charge is 0.758 e. The smallest absolute Gasteiger partial charge is 0.0527 e. The fourth-order valence-electron chi connectivity index (χ4n) is 4.99. The minimum Gasteiger partial charge on any atom is -0.758 e. The summed E-state index contributed by atoms with van der Waals surface area (Å²) in [5.74, 6) is 0. The van der Waals surface area contributed by atoms with E-state index in [-0.39, 0.29) is 12.1 Å². The molecule has 6 heteroatoms. The number of nitrogens with one attached hydrogen (secondary N) is 1. The molecule has 3 aliphatic rings. The van der Waals surface area contributed by atoms with Crippen molar-refractivity contribution < 1.29 is 0 Å². The molecule has 2 saturated carbocycles. The van der Waals surface area contributed by atoms with Crippen molar-refractivity contribution in [3.05, 3.63) is 46.8 Å². The zero-order chi connectivity index (χ0) is 20.5. The maximum Gasteiger partial charge on any atom is 0.0527 e. The first-order chi connectivity index (χ1) is 14.7. The van der Waals surface area contributed by atoms with Gasteiger partial charge < -0.3 is 25.9 Å². The van der Waals surface area contributed by atoms with Crippen molar-refractivity contribution in [1.82, 2.24) is 0 Å². The zero-order valence-corrected chi connectivity index (χ0v) is 18.1. The molecule has 2 aromatic carbocycles. The van der Waals surface area contributed by atoms with Crippen molar-refractivity contribution >= 4 is 34.5 Å². The fraction of sp³-hybridized carbons (Fsp3) is 0.500. The first-order valence-corrected chi connectivity index (χ1v) is 12.2. The lowest BCUT2D eigenvalue weighted by Crippen LogP contribution is -2.32. The van der Waals surface area contributed by atoms with E-state index >= 15 is 0 Å². The summed E-state index contributed by atoms with van der Waals surface area (Å²) in [6.07, 6.45) is 11.0. The molecular formula is C24H29N3O2S-2. The molecule has 160 valence electrons. The van der Waals surface area contributed by atoms with Gasteiger partial charge in [0.15, 0.2) is 0 Å². The van der Waals surface area contributed by atoms with Crippen molar-refractivity contribution in [2.24, 2.45) is 0 Å². The van der Waals surface area contributed by atoms with Gasteiger partial charge in [0.2, 0.25) is 0 Å². The highest BCUT2D eigenvalue weighted by atomic mass is 32.2. The Bertz CT molecular complexity index is 823. The van der Waals surface area contributed by atoms with Gasteiger partial charge in [0, 0.05) is 33.2 Å². The van der Waals surface area contributed by atoms with Crippen molar-refractivity contribution in [3.8, 4) is 0 Å². The molecule has 0 radical (unpaired) electrons. The van der Waals surface area contributed by atoms with E-state index in [0.717, 1.165) is 83.9 Å². The first-order valence-electron chi connectivity index (χ1n) is 11.3. The Hall–Kier alpha value is -1.89. The number of hydrogen-bond donors (Lipinski definition) is 1. The Balaban J connectivity index is 1.35. The number of anilines is 4. The van der Waals surface area contributed by atoms with E-state index in [2.05, 4.69) is 5.32 Å². The van der Waals surface area contributed by atoms with E-state index in [1.807, 2.05) is 36.4 Å². The van der Waals surface area contributed by atoms with Gasteiger partial charge in [-0.3, -0.25) is 0 Å². The van der Waals surface area contributed by atoms with Crippen molar-refractivity contribution in [1.29, 1.82) is 0 Å². The van der Waals surface area contributed by atoms with Gasteiger partial charge in [0.1, 0.15) is 0 Å². The molecule has 5 nitrogen and oxygen atoms in total. The van der Waals surface area contributed by atoms with Gasteiger partial charge >= 0.3 is 0 Å². The number of nitrogens with zero attached hydrogens (tertiary/aromatic N) is 2. The summed E-state index contributed by atoms with van der Waals surface area (Å²) in [5, 5.41) is 31.7. The standard InChI is InChI=1S/C24H29N3O2S/c28-26(17-7-3-1-4-8-17)19-11-13-21-23(15-19)30-24-16-20(12-14-22(24)25-21)27(29)18-9-5-2-6-10-18/h11-18,25H,1-10H2/q-2. The van der Waals surface area contributed by atoms with Gasteiger partial charge in [-0.05, 0) is 62.1 Å². The Kier molecular flexibility index (Phi) is 5.81. The average Bonchev–Trinajstić information content (AvgIpc) is 2.82. The molecule has 0 unspecified atom stereocenters. The number of fused-ring (bicyclic) bond motifs is 2. The third-order valence-corrected chi connectivity index (χ3v) is 7.86. The van der Waals surface area contributed by atoms with Crippen LogP contribution >= 0.6 is 11.8 Å². The Morgan fingerprint density at radius 3 is 1.53 bits per heavy atom. The summed E-state index contributed by atoms with van der Waals surface area (Å²) in [4.78, 5) is 2.09. The molecule has 0 bridgehead atoms. The van der Waals surface area contributed by atoms with Gasteiger partial charge in [0.05, 0.1) is 11.4 Å². The molecule has 0 atom stereocenters. The van der Waals surface area contributed by atoms with E-state index in [4.69, 9.17) is 0 Å². The van der Waals surface area contributed by atoms with E-state index in [1.54, 1.807) is 11.8 Å². The average molecular weight is 424 g/mol. The Morgan fingerprint density at radius 1 is 0.667 bits per heavy atom. The quantitative estimate of drug-likeness (QED) is 0.449. The molecule has 1 heterocycles.